The molecule has 6 heteroatoms. The molecule has 1 aromatic heterocycles. The first-order valence-corrected chi connectivity index (χ1v) is 11.7. The smallest absolute Gasteiger partial charge is 0.244 e. The number of fused-ring (bicyclic) bond motifs is 1. The minimum absolute atomic E-state index is 0.125. The molecule has 0 aliphatic heterocycles. The molecule has 1 heterocycles. The van der Waals surface area contributed by atoms with Gasteiger partial charge in [-0.15, -0.1) is 0 Å². The Morgan fingerprint density at radius 1 is 1.09 bits per heavy atom. The fourth-order valence-corrected chi connectivity index (χ4v) is 4.01. The number of para-hydroxylation sites is 2. The number of carbonyl (C=O) groups is 1. The number of nitrogens with one attached hydrogen (secondary N) is 1. The number of rotatable bonds is 9. The number of carbonyl (C=O) groups excluding carboxylic acids is 1. The zero-order valence-corrected chi connectivity index (χ0v) is 20.1. The molecule has 0 fully saturated rings. The molecule has 0 radical (unpaired) electrons. The molecule has 0 aliphatic rings. The number of hydrogen-bond donors (Lipinski definition) is 1. The molecule has 0 saturated heterocycles. The number of nitrogens with zero attached hydrogens (tertiary/aromatic N) is 2. The standard InChI is InChI=1S/C27H26BrN3O2/c1-20-9-12-23(13-10-20)33-18-17-31-25-8-3-2-7-24(25)30-26(31)15-16-29-27(32)14-11-21-5-4-6-22(28)19-21/h2-14,19H,15-18H2,1H3,(H,29,32)/b14-11+. The van der Waals surface area contributed by atoms with Crippen LogP contribution in [0.15, 0.2) is 83.3 Å². The summed E-state index contributed by atoms with van der Waals surface area (Å²) in [7, 11) is 0. The maximum Gasteiger partial charge on any atom is 0.244 e. The van der Waals surface area contributed by atoms with Crippen molar-refractivity contribution >= 4 is 38.9 Å². The van der Waals surface area contributed by atoms with Crippen molar-refractivity contribution in [2.45, 2.75) is 19.9 Å². The van der Waals surface area contributed by atoms with Gasteiger partial charge in [0.05, 0.1) is 17.6 Å². The fraction of sp³-hybridized carbons (Fsp3) is 0.185. The molecule has 4 aromatic rings. The van der Waals surface area contributed by atoms with E-state index in [0.717, 1.165) is 32.6 Å². The van der Waals surface area contributed by atoms with Gasteiger partial charge >= 0.3 is 0 Å². The summed E-state index contributed by atoms with van der Waals surface area (Å²) in [5, 5.41) is 2.95. The summed E-state index contributed by atoms with van der Waals surface area (Å²) in [6.07, 6.45) is 3.99. The minimum atomic E-state index is -0.125. The number of benzene rings is 3. The van der Waals surface area contributed by atoms with Crippen LogP contribution in [0.25, 0.3) is 17.1 Å². The number of aryl methyl sites for hydroxylation is 1. The highest BCUT2D eigenvalue weighted by Gasteiger charge is 2.11. The summed E-state index contributed by atoms with van der Waals surface area (Å²) in [6, 6.07) is 23.9. The predicted molar refractivity (Wildman–Crippen MR) is 136 cm³/mol. The average Bonchev–Trinajstić information content (AvgIpc) is 3.16. The van der Waals surface area contributed by atoms with Crippen LogP contribution in [0.5, 0.6) is 5.75 Å². The molecular formula is C27H26BrN3O2. The van der Waals surface area contributed by atoms with Crippen molar-refractivity contribution in [3.63, 3.8) is 0 Å². The van der Waals surface area contributed by atoms with Crippen molar-refractivity contribution in [3.8, 4) is 5.75 Å². The lowest BCUT2D eigenvalue weighted by Crippen LogP contribution is -2.25. The highest BCUT2D eigenvalue weighted by atomic mass is 79.9. The van der Waals surface area contributed by atoms with Crippen molar-refractivity contribution in [1.29, 1.82) is 0 Å². The van der Waals surface area contributed by atoms with Crippen molar-refractivity contribution in [1.82, 2.24) is 14.9 Å². The van der Waals surface area contributed by atoms with E-state index in [0.29, 0.717) is 26.1 Å². The van der Waals surface area contributed by atoms with Crippen LogP contribution in [0.1, 0.15) is 17.0 Å². The maximum atomic E-state index is 12.2. The molecule has 3 aromatic carbocycles. The number of halogens is 1. The van der Waals surface area contributed by atoms with Crippen LogP contribution < -0.4 is 10.1 Å². The van der Waals surface area contributed by atoms with Gasteiger partial charge < -0.3 is 14.6 Å². The lowest BCUT2D eigenvalue weighted by Gasteiger charge is -2.11. The lowest BCUT2D eigenvalue weighted by atomic mass is 10.2. The number of imidazole rings is 1. The van der Waals surface area contributed by atoms with Gasteiger partial charge in [0, 0.05) is 23.5 Å². The summed E-state index contributed by atoms with van der Waals surface area (Å²) in [6.45, 7) is 3.78. The van der Waals surface area contributed by atoms with E-state index in [1.165, 1.54) is 5.56 Å². The van der Waals surface area contributed by atoms with Crippen molar-refractivity contribution < 1.29 is 9.53 Å². The van der Waals surface area contributed by atoms with Gasteiger partial charge in [0.15, 0.2) is 0 Å². The van der Waals surface area contributed by atoms with E-state index < -0.39 is 0 Å². The molecule has 1 amide bonds. The normalized spacial score (nSPS) is 11.2. The van der Waals surface area contributed by atoms with Crippen molar-refractivity contribution in [3.05, 3.63) is 100 Å². The first kappa shape index (κ1) is 22.8. The molecule has 0 spiro atoms. The SMILES string of the molecule is Cc1ccc(OCCn2c(CCNC(=O)/C=C/c3cccc(Br)c3)nc3ccccc32)cc1. The summed E-state index contributed by atoms with van der Waals surface area (Å²) in [5.41, 5.74) is 4.19. The van der Waals surface area contributed by atoms with Crippen LogP contribution in [-0.2, 0) is 17.8 Å². The van der Waals surface area contributed by atoms with Crippen LogP contribution in [0.2, 0.25) is 0 Å². The molecule has 0 saturated carbocycles. The lowest BCUT2D eigenvalue weighted by molar-refractivity contribution is -0.116. The first-order chi connectivity index (χ1) is 16.1. The summed E-state index contributed by atoms with van der Waals surface area (Å²) in [4.78, 5) is 17.0. The molecule has 0 unspecified atom stereocenters. The molecule has 4 rings (SSSR count). The molecular weight excluding hydrogens is 478 g/mol. The van der Waals surface area contributed by atoms with Crippen LogP contribution in [-0.4, -0.2) is 28.6 Å². The van der Waals surface area contributed by atoms with Gasteiger partial charge in [0.1, 0.15) is 18.2 Å². The van der Waals surface area contributed by atoms with Crippen LogP contribution in [0, 0.1) is 6.92 Å². The molecule has 0 bridgehead atoms. The summed E-state index contributed by atoms with van der Waals surface area (Å²) in [5.74, 6) is 1.66. The van der Waals surface area contributed by atoms with Gasteiger partial charge in [-0.25, -0.2) is 4.98 Å². The second kappa shape index (κ2) is 11.0. The Morgan fingerprint density at radius 2 is 1.91 bits per heavy atom. The molecule has 0 atom stereocenters. The zero-order chi connectivity index (χ0) is 23.0. The topological polar surface area (TPSA) is 56.1 Å². The third kappa shape index (κ3) is 6.33. The Bertz CT molecular complexity index is 1260. The summed E-state index contributed by atoms with van der Waals surface area (Å²) >= 11 is 3.44. The molecule has 168 valence electrons. The third-order valence-electron chi connectivity index (χ3n) is 5.26. The van der Waals surface area contributed by atoms with Crippen LogP contribution in [0.4, 0.5) is 0 Å². The van der Waals surface area contributed by atoms with Gasteiger partial charge in [-0.2, -0.15) is 0 Å². The van der Waals surface area contributed by atoms with Crippen LogP contribution >= 0.6 is 15.9 Å². The van der Waals surface area contributed by atoms with E-state index in [9.17, 15) is 4.79 Å². The van der Waals surface area contributed by atoms with Gasteiger partial charge in [0.2, 0.25) is 5.91 Å². The van der Waals surface area contributed by atoms with Crippen molar-refractivity contribution in [2.24, 2.45) is 0 Å². The number of amides is 1. The summed E-state index contributed by atoms with van der Waals surface area (Å²) < 4.78 is 9.09. The van der Waals surface area contributed by atoms with Gasteiger partial charge in [0.25, 0.3) is 0 Å². The fourth-order valence-electron chi connectivity index (χ4n) is 3.59. The number of hydrogen-bond acceptors (Lipinski definition) is 3. The quantitative estimate of drug-likeness (QED) is 0.304. The third-order valence-corrected chi connectivity index (χ3v) is 5.76. The van der Waals surface area contributed by atoms with E-state index in [-0.39, 0.29) is 5.91 Å². The van der Waals surface area contributed by atoms with E-state index >= 15 is 0 Å². The minimum Gasteiger partial charge on any atom is -0.492 e. The Hall–Kier alpha value is -3.38. The number of ether oxygens (including phenoxy) is 1. The van der Waals surface area contributed by atoms with E-state index in [4.69, 9.17) is 9.72 Å². The average molecular weight is 504 g/mol. The van der Waals surface area contributed by atoms with E-state index in [1.54, 1.807) is 12.2 Å². The van der Waals surface area contributed by atoms with Gasteiger partial charge in [-0.3, -0.25) is 4.79 Å². The second-order valence-electron chi connectivity index (χ2n) is 7.76. The Kier molecular flexibility index (Phi) is 7.58. The Balaban J connectivity index is 1.36. The largest absolute Gasteiger partial charge is 0.492 e. The first-order valence-electron chi connectivity index (χ1n) is 10.9. The molecule has 5 nitrogen and oxygen atoms in total. The highest BCUT2D eigenvalue weighted by molar-refractivity contribution is 9.10. The second-order valence-corrected chi connectivity index (χ2v) is 8.67. The monoisotopic (exact) mass is 503 g/mol. The molecule has 0 aliphatic carbocycles. The Morgan fingerprint density at radius 3 is 2.73 bits per heavy atom. The highest BCUT2D eigenvalue weighted by Crippen LogP contribution is 2.17. The zero-order valence-electron chi connectivity index (χ0n) is 18.5. The molecule has 1 N–H and O–H groups in total. The number of aromatic nitrogens is 2. The van der Waals surface area contributed by atoms with Gasteiger partial charge in [-0.1, -0.05) is 57.9 Å². The van der Waals surface area contributed by atoms with E-state index in [2.05, 4.69) is 38.8 Å². The maximum absolute atomic E-state index is 12.2. The Labute approximate surface area is 202 Å². The van der Waals surface area contributed by atoms with E-state index in [1.807, 2.05) is 66.7 Å². The van der Waals surface area contributed by atoms with Gasteiger partial charge in [-0.05, 0) is 55.0 Å². The predicted octanol–water partition coefficient (Wildman–Crippen LogP) is 5.56. The van der Waals surface area contributed by atoms with Crippen LogP contribution in [0.3, 0.4) is 0 Å². The van der Waals surface area contributed by atoms with Crippen molar-refractivity contribution in [2.75, 3.05) is 13.2 Å². The molecule has 33 heavy (non-hydrogen) atoms.